The topological polar surface area (TPSA) is 81.1 Å². The van der Waals surface area contributed by atoms with E-state index in [2.05, 4.69) is 10.4 Å². The van der Waals surface area contributed by atoms with Crippen molar-refractivity contribution in [2.24, 2.45) is 0 Å². The summed E-state index contributed by atoms with van der Waals surface area (Å²) in [7, 11) is -4.73. The minimum atomic E-state index is -5.14. The Labute approximate surface area is 187 Å². The second-order valence-corrected chi connectivity index (χ2v) is 8.72. The molecule has 1 amide bonds. The van der Waals surface area contributed by atoms with Gasteiger partial charge in [-0.1, -0.05) is 6.07 Å². The number of aromatic nitrogens is 2. The lowest BCUT2D eigenvalue weighted by atomic mass is 10.1. The average molecular weight is 499 g/mol. The van der Waals surface area contributed by atoms with Crippen LogP contribution >= 0.6 is 0 Å². The number of carbonyl (C=O) groups excluding carboxylic acids is 1. The van der Waals surface area contributed by atoms with Gasteiger partial charge in [-0.25, -0.2) is 13.2 Å². The molecule has 1 aromatic heterocycles. The largest absolute Gasteiger partial charge is 0.419 e. The normalized spacial score (nSPS) is 12.2. The third-order valence-electron chi connectivity index (χ3n) is 4.75. The molecular formula is C21H11F6N3O3S. The van der Waals surface area contributed by atoms with Crippen LogP contribution in [0.25, 0.3) is 10.9 Å². The first-order chi connectivity index (χ1) is 15.9. The van der Waals surface area contributed by atoms with E-state index in [1.165, 1.54) is 12.1 Å². The van der Waals surface area contributed by atoms with Gasteiger partial charge in [-0.05, 0) is 48.5 Å². The highest BCUT2D eigenvalue weighted by Gasteiger charge is 2.36. The molecule has 4 aromatic rings. The summed E-state index contributed by atoms with van der Waals surface area (Å²) in [5.41, 5.74) is -2.88. The van der Waals surface area contributed by atoms with E-state index in [-0.39, 0.29) is 22.7 Å². The molecule has 0 aliphatic heterocycles. The number of amides is 1. The number of benzene rings is 3. The lowest BCUT2D eigenvalue weighted by Gasteiger charge is -2.12. The summed E-state index contributed by atoms with van der Waals surface area (Å²) in [5.74, 6) is -5.05. The molecule has 1 heterocycles. The van der Waals surface area contributed by atoms with Crippen LogP contribution < -0.4 is 5.32 Å². The number of hydrogen-bond acceptors (Lipinski definition) is 4. The maximum atomic E-state index is 13.9. The van der Waals surface area contributed by atoms with Crippen LogP contribution in [0.2, 0.25) is 0 Å². The molecule has 0 atom stereocenters. The Morgan fingerprint density at radius 3 is 2.24 bits per heavy atom. The number of nitrogens with zero attached hydrogens (tertiary/aromatic N) is 2. The number of fused-ring (bicyclic) bond motifs is 1. The second kappa shape index (κ2) is 8.17. The maximum absolute atomic E-state index is 13.9. The van der Waals surface area contributed by atoms with Crippen LogP contribution in [0.3, 0.4) is 0 Å². The van der Waals surface area contributed by atoms with Gasteiger partial charge in [0.15, 0.2) is 0 Å². The Hall–Kier alpha value is -3.87. The van der Waals surface area contributed by atoms with E-state index in [0.717, 1.165) is 30.5 Å². The Kier molecular flexibility index (Phi) is 5.59. The van der Waals surface area contributed by atoms with Crippen molar-refractivity contribution in [1.29, 1.82) is 0 Å². The summed E-state index contributed by atoms with van der Waals surface area (Å²) in [5, 5.41) is 6.13. The van der Waals surface area contributed by atoms with E-state index in [0.29, 0.717) is 16.2 Å². The molecule has 0 bridgehead atoms. The molecule has 0 unspecified atom stereocenters. The molecule has 0 saturated carbocycles. The van der Waals surface area contributed by atoms with Crippen molar-refractivity contribution >= 4 is 32.5 Å². The third-order valence-corrected chi connectivity index (χ3v) is 6.35. The minimum Gasteiger partial charge on any atom is -0.322 e. The average Bonchev–Trinajstić information content (AvgIpc) is 3.17. The van der Waals surface area contributed by atoms with Crippen LogP contribution in [0.5, 0.6) is 0 Å². The van der Waals surface area contributed by atoms with Crippen LogP contribution in [-0.4, -0.2) is 23.5 Å². The van der Waals surface area contributed by atoms with Crippen LogP contribution in [0.1, 0.15) is 15.9 Å². The molecule has 3 aromatic carbocycles. The molecule has 1 N–H and O–H groups in total. The zero-order chi connectivity index (χ0) is 24.8. The van der Waals surface area contributed by atoms with Crippen molar-refractivity contribution in [2.75, 3.05) is 5.32 Å². The van der Waals surface area contributed by atoms with Crippen LogP contribution in [0, 0.1) is 17.5 Å². The Balaban J connectivity index is 1.75. The number of hydrogen-bond donors (Lipinski definition) is 1. The fraction of sp³-hybridized carbons (Fsp3) is 0.0476. The standard InChI is InChI=1S/C21H11F6N3O3S/c22-15-7-6-13(9-14(15)21(25,26)27)34(32,33)30-18-8-12(5-4-11(18)10-28-30)29-20(31)19-16(23)2-1-3-17(19)24/h1-10H,(H,29,31). The fourth-order valence-corrected chi connectivity index (χ4v) is 4.45. The third kappa shape index (κ3) is 4.09. The van der Waals surface area contributed by atoms with Crippen molar-refractivity contribution in [3.8, 4) is 0 Å². The summed E-state index contributed by atoms with van der Waals surface area (Å²) in [6, 6.07) is 7.72. The van der Waals surface area contributed by atoms with Gasteiger partial charge < -0.3 is 5.32 Å². The molecule has 6 nitrogen and oxygen atoms in total. The molecule has 13 heteroatoms. The number of anilines is 1. The highest BCUT2D eigenvalue weighted by molar-refractivity contribution is 7.90. The monoisotopic (exact) mass is 499 g/mol. The lowest BCUT2D eigenvalue weighted by Crippen LogP contribution is -2.17. The molecule has 34 heavy (non-hydrogen) atoms. The van der Waals surface area contributed by atoms with E-state index in [4.69, 9.17) is 0 Å². The zero-order valence-corrected chi connectivity index (χ0v) is 17.4. The molecule has 176 valence electrons. The first kappa shape index (κ1) is 23.3. The number of carbonyl (C=O) groups is 1. The minimum absolute atomic E-state index is 0.0767. The fourth-order valence-electron chi connectivity index (χ4n) is 3.15. The van der Waals surface area contributed by atoms with Gasteiger partial charge in [-0.2, -0.15) is 30.8 Å². The van der Waals surface area contributed by atoms with Gasteiger partial charge in [0.25, 0.3) is 15.9 Å². The zero-order valence-electron chi connectivity index (χ0n) is 16.6. The lowest BCUT2D eigenvalue weighted by molar-refractivity contribution is -0.140. The summed E-state index contributed by atoms with van der Waals surface area (Å²) in [6.45, 7) is 0. The van der Waals surface area contributed by atoms with Gasteiger partial charge in [-0.15, -0.1) is 0 Å². The van der Waals surface area contributed by atoms with Gasteiger partial charge in [0.1, 0.15) is 23.0 Å². The molecule has 0 aliphatic carbocycles. The van der Waals surface area contributed by atoms with Crippen molar-refractivity contribution in [3.63, 3.8) is 0 Å². The second-order valence-electron chi connectivity index (χ2n) is 6.96. The van der Waals surface area contributed by atoms with Crippen molar-refractivity contribution in [2.45, 2.75) is 11.1 Å². The quantitative estimate of drug-likeness (QED) is 0.403. The Morgan fingerprint density at radius 2 is 1.59 bits per heavy atom. The SMILES string of the molecule is O=C(Nc1ccc2cnn(S(=O)(=O)c3ccc(F)c(C(F)(F)F)c3)c2c1)c1c(F)cccc1F. The summed E-state index contributed by atoms with van der Waals surface area (Å²) < 4.78 is 107. The van der Waals surface area contributed by atoms with Gasteiger partial charge in [0.05, 0.1) is 22.2 Å². The van der Waals surface area contributed by atoms with Crippen molar-refractivity contribution in [3.05, 3.63) is 89.4 Å². The first-order valence-corrected chi connectivity index (χ1v) is 10.7. The van der Waals surface area contributed by atoms with Crippen LogP contribution in [-0.2, 0) is 16.2 Å². The van der Waals surface area contributed by atoms with E-state index < -0.39 is 55.6 Å². The molecule has 0 radical (unpaired) electrons. The van der Waals surface area contributed by atoms with Crippen LogP contribution in [0.4, 0.5) is 32.0 Å². The number of alkyl halides is 3. The van der Waals surface area contributed by atoms with E-state index in [1.54, 1.807) is 0 Å². The summed E-state index contributed by atoms with van der Waals surface area (Å²) in [6.07, 6.45) is -4.04. The summed E-state index contributed by atoms with van der Waals surface area (Å²) >= 11 is 0. The maximum Gasteiger partial charge on any atom is 0.419 e. The smallest absolute Gasteiger partial charge is 0.322 e. The number of halogens is 6. The van der Waals surface area contributed by atoms with Crippen LogP contribution in [0.15, 0.2) is 65.7 Å². The van der Waals surface area contributed by atoms with E-state index in [1.807, 2.05) is 0 Å². The molecule has 4 rings (SSSR count). The molecular weight excluding hydrogens is 488 g/mol. The predicted molar refractivity (Wildman–Crippen MR) is 108 cm³/mol. The van der Waals surface area contributed by atoms with Crippen molar-refractivity contribution < 1.29 is 39.6 Å². The van der Waals surface area contributed by atoms with Gasteiger partial charge >= 0.3 is 6.18 Å². The predicted octanol–water partition coefficient (Wildman–Crippen LogP) is 4.96. The Morgan fingerprint density at radius 1 is 0.912 bits per heavy atom. The molecule has 0 saturated heterocycles. The highest BCUT2D eigenvalue weighted by atomic mass is 32.2. The van der Waals surface area contributed by atoms with Crippen molar-refractivity contribution in [1.82, 2.24) is 9.19 Å². The molecule has 0 aliphatic rings. The molecule has 0 spiro atoms. The summed E-state index contributed by atoms with van der Waals surface area (Å²) in [4.78, 5) is 11.4. The number of rotatable bonds is 4. The van der Waals surface area contributed by atoms with E-state index in [9.17, 15) is 39.6 Å². The molecule has 0 fully saturated rings. The number of nitrogens with one attached hydrogen (secondary N) is 1. The van der Waals surface area contributed by atoms with Gasteiger partial charge in [0.2, 0.25) is 0 Å². The van der Waals surface area contributed by atoms with E-state index >= 15 is 0 Å². The Bertz CT molecular complexity index is 1530. The van der Waals surface area contributed by atoms with Gasteiger partial charge in [0, 0.05) is 11.1 Å². The first-order valence-electron chi connectivity index (χ1n) is 9.25. The highest BCUT2D eigenvalue weighted by Crippen LogP contribution is 2.33. The van der Waals surface area contributed by atoms with Gasteiger partial charge in [-0.3, -0.25) is 4.79 Å².